The molecule has 1 N–H and O–H groups in total. The Kier molecular flexibility index (Phi) is 4.66. The summed E-state index contributed by atoms with van der Waals surface area (Å²) in [6.45, 7) is 0.199. The molecule has 0 unspecified atom stereocenters. The van der Waals surface area contributed by atoms with Gasteiger partial charge in [-0.2, -0.15) is 4.98 Å². The van der Waals surface area contributed by atoms with E-state index in [0.717, 1.165) is 23.5 Å². The van der Waals surface area contributed by atoms with Crippen LogP contribution in [0.1, 0.15) is 58.1 Å². The zero-order chi connectivity index (χ0) is 20.7. The lowest BCUT2D eigenvalue weighted by Gasteiger charge is -2.13. The molecule has 0 saturated heterocycles. The van der Waals surface area contributed by atoms with Crippen LogP contribution in [0.4, 0.5) is 5.69 Å². The normalized spacial score (nSPS) is 15.5. The number of carbonyl (C=O) groups is 3. The first-order chi connectivity index (χ1) is 14.6. The molecule has 0 spiro atoms. The van der Waals surface area contributed by atoms with Crippen molar-refractivity contribution in [1.82, 2.24) is 15.0 Å². The van der Waals surface area contributed by atoms with Gasteiger partial charge in [0, 0.05) is 18.9 Å². The lowest BCUT2D eigenvalue weighted by atomic mass is 10.1. The van der Waals surface area contributed by atoms with Crippen molar-refractivity contribution in [3.8, 4) is 10.8 Å². The van der Waals surface area contributed by atoms with E-state index in [2.05, 4.69) is 15.5 Å². The Hall–Kier alpha value is -3.33. The predicted molar refractivity (Wildman–Crippen MR) is 109 cm³/mol. The van der Waals surface area contributed by atoms with Gasteiger partial charge in [-0.1, -0.05) is 17.3 Å². The molecule has 2 aromatic heterocycles. The molecule has 9 heteroatoms. The third kappa shape index (κ3) is 3.41. The summed E-state index contributed by atoms with van der Waals surface area (Å²) in [4.78, 5) is 43.5. The van der Waals surface area contributed by atoms with Crippen LogP contribution in [0.15, 0.2) is 40.2 Å². The van der Waals surface area contributed by atoms with E-state index in [0.29, 0.717) is 35.0 Å². The number of nitrogens with one attached hydrogen (secondary N) is 1. The summed E-state index contributed by atoms with van der Waals surface area (Å²) in [5, 5.41) is 8.73. The maximum absolute atomic E-state index is 12.4. The van der Waals surface area contributed by atoms with E-state index in [-0.39, 0.29) is 30.7 Å². The molecule has 1 aliphatic heterocycles. The minimum Gasteiger partial charge on any atom is -0.333 e. The molecular formula is C21H18N4O4S. The van der Waals surface area contributed by atoms with Crippen LogP contribution in [0.5, 0.6) is 0 Å². The van der Waals surface area contributed by atoms with Crippen LogP contribution in [0, 0.1) is 0 Å². The molecule has 3 heterocycles. The number of carbonyl (C=O) groups excluding carboxylic acids is 3. The Labute approximate surface area is 175 Å². The van der Waals surface area contributed by atoms with Crippen LogP contribution in [0.25, 0.3) is 10.8 Å². The number of imide groups is 1. The smallest absolute Gasteiger partial charge is 0.270 e. The zero-order valence-corrected chi connectivity index (χ0v) is 16.8. The number of thiophene rings is 1. The van der Waals surface area contributed by atoms with Crippen molar-refractivity contribution in [3.63, 3.8) is 0 Å². The Bertz CT molecular complexity index is 1110. The van der Waals surface area contributed by atoms with Crippen LogP contribution in [0.2, 0.25) is 0 Å². The summed E-state index contributed by atoms with van der Waals surface area (Å²) in [5.41, 5.74) is 1.46. The molecule has 1 saturated carbocycles. The van der Waals surface area contributed by atoms with Gasteiger partial charge in [-0.25, -0.2) is 0 Å². The number of amides is 3. The second-order valence-electron chi connectivity index (χ2n) is 7.35. The predicted octanol–water partition coefficient (Wildman–Crippen LogP) is 3.69. The third-order valence-electron chi connectivity index (χ3n) is 5.18. The van der Waals surface area contributed by atoms with Crippen LogP contribution in [-0.2, 0) is 4.79 Å². The first-order valence-electron chi connectivity index (χ1n) is 9.78. The molecule has 1 aromatic carbocycles. The lowest BCUT2D eigenvalue weighted by Crippen LogP contribution is -2.31. The minimum atomic E-state index is -0.306. The van der Waals surface area contributed by atoms with E-state index >= 15 is 0 Å². The van der Waals surface area contributed by atoms with Crippen molar-refractivity contribution in [1.29, 1.82) is 0 Å². The largest absolute Gasteiger partial charge is 0.333 e. The fourth-order valence-electron chi connectivity index (χ4n) is 3.46. The number of anilines is 1. The van der Waals surface area contributed by atoms with Crippen molar-refractivity contribution in [2.75, 3.05) is 11.9 Å². The fraction of sp³-hybridized carbons (Fsp3) is 0.286. The van der Waals surface area contributed by atoms with E-state index in [1.807, 2.05) is 5.38 Å². The van der Waals surface area contributed by atoms with E-state index in [1.165, 1.54) is 16.2 Å². The van der Waals surface area contributed by atoms with E-state index in [9.17, 15) is 14.4 Å². The van der Waals surface area contributed by atoms with E-state index in [1.54, 1.807) is 30.3 Å². The Balaban J connectivity index is 1.17. The van der Waals surface area contributed by atoms with Crippen LogP contribution < -0.4 is 5.32 Å². The lowest BCUT2D eigenvalue weighted by molar-refractivity contribution is -0.116. The summed E-state index contributed by atoms with van der Waals surface area (Å²) in [7, 11) is 0. The average molecular weight is 422 g/mol. The molecule has 0 radical (unpaired) electrons. The number of nitrogens with zero attached hydrogens (tertiary/aromatic N) is 3. The van der Waals surface area contributed by atoms with Gasteiger partial charge in [0.25, 0.3) is 17.7 Å². The molecule has 3 amide bonds. The molecule has 3 aromatic rings. The minimum absolute atomic E-state index is 0.180. The van der Waals surface area contributed by atoms with Gasteiger partial charge in [0.1, 0.15) is 4.88 Å². The van der Waals surface area contributed by atoms with Gasteiger partial charge in [0.2, 0.25) is 5.91 Å². The highest BCUT2D eigenvalue weighted by molar-refractivity contribution is 7.14. The van der Waals surface area contributed by atoms with Gasteiger partial charge in [0.05, 0.1) is 16.8 Å². The molecule has 1 aliphatic carbocycles. The van der Waals surface area contributed by atoms with Gasteiger partial charge < -0.3 is 9.84 Å². The maximum Gasteiger partial charge on any atom is 0.270 e. The number of hydrogen-bond donors (Lipinski definition) is 1. The number of fused-ring (bicyclic) bond motifs is 1. The SMILES string of the molecule is O=C(CCCN1C(=O)c2ccccc2C1=O)Nc1ccsc1-c1nc(C2CC2)no1. The van der Waals surface area contributed by atoms with Crippen molar-refractivity contribution < 1.29 is 18.9 Å². The standard InChI is InChI=1S/C21H18N4O4S/c26-16(6-3-10-25-20(27)13-4-1-2-5-14(13)21(25)28)22-15-9-11-30-17(15)19-23-18(24-29-19)12-7-8-12/h1-2,4-5,9,11-12H,3,6-8,10H2,(H,22,26). The molecule has 2 aliphatic rings. The summed E-state index contributed by atoms with van der Waals surface area (Å²) in [6, 6.07) is 8.55. The summed E-state index contributed by atoms with van der Waals surface area (Å²) >= 11 is 1.42. The highest BCUT2D eigenvalue weighted by Crippen LogP contribution is 2.40. The molecule has 5 rings (SSSR count). The first-order valence-corrected chi connectivity index (χ1v) is 10.7. The van der Waals surface area contributed by atoms with Gasteiger partial charge in [-0.3, -0.25) is 19.3 Å². The monoisotopic (exact) mass is 422 g/mol. The van der Waals surface area contributed by atoms with Gasteiger partial charge in [0.15, 0.2) is 5.82 Å². The highest BCUT2D eigenvalue weighted by atomic mass is 32.1. The molecule has 152 valence electrons. The van der Waals surface area contributed by atoms with Gasteiger partial charge in [-0.05, 0) is 42.8 Å². The number of hydrogen-bond acceptors (Lipinski definition) is 7. The fourth-order valence-corrected chi connectivity index (χ4v) is 4.23. The molecule has 1 fully saturated rings. The number of rotatable bonds is 7. The Morgan fingerprint density at radius 2 is 1.90 bits per heavy atom. The quantitative estimate of drug-likeness (QED) is 0.582. The maximum atomic E-state index is 12.4. The Morgan fingerprint density at radius 1 is 1.17 bits per heavy atom. The number of benzene rings is 1. The highest BCUT2D eigenvalue weighted by Gasteiger charge is 2.34. The van der Waals surface area contributed by atoms with Crippen LogP contribution in [-0.4, -0.2) is 39.3 Å². The van der Waals surface area contributed by atoms with E-state index < -0.39 is 0 Å². The zero-order valence-electron chi connectivity index (χ0n) is 16.0. The van der Waals surface area contributed by atoms with Gasteiger partial charge in [-0.15, -0.1) is 11.3 Å². The van der Waals surface area contributed by atoms with Crippen molar-refractivity contribution in [2.24, 2.45) is 0 Å². The third-order valence-corrected chi connectivity index (χ3v) is 6.08. The molecule has 0 atom stereocenters. The molecule has 0 bridgehead atoms. The average Bonchev–Trinajstić information content (AvgIpc) is 3.21. The second-order valence-corrected chi connectivity index (χ2v) is 8.27. The topological polar surface area (TPSA) is 105 Å². The summed E-state index contributed by atoms with van der Waals surface area (Å²) < 4.78 is 5.35. The van der Waals surface area contributed by atoms with Crippen molar-refractivity contribution in [3.05, 3.63) is 52.7 Å². The second kappa shape index (κ2) is 7.49. The molecule has 8 nitrogen and oxygen atoms in total. The number of aromatic nitrogens is 2. The molecule has 30 heavy (non-hydrogen) atoms. The van der Waals surface area contributed by atoms with E-state index in [4.69, 9.17) is 4.52 Å². The summed E-state index contributed by atoms with van der Waals surface area (Å²) in [5.74, 6) is 0.707. The van der Waals surface area contributed by atoms with Crippen LogP contribution in [0.3, 0.4) is 0 Å². The van der Waals surface area contributed by atoms with Crippen LogP contribution >= 0.6 is 11.3 Å². The van der Waals surface area contributed by atoms with Crippen molar-refractivity contribution in [2.45, 2.75) is 31.6 Å². The summed E-state index contributed by atoms with van der Waals surface area (Å²) in [6.07, 6.45) is 2.73. The first kappa shape index (κ1) is 18.7. The van der Waals surface area contributed by atoms with Crippen molar-refractivity contribution >= 4 is 34.7 Å². The Morgan fingerprint density at radius 3 is 2.60 bits per heavy atom. The van der Waals surface area contributed by atoms with Gasteiger partial charge >= 0.3 is 0 Å². The molecular weight excluding hydrogens is 404 g/mol.